The van der Waals surface area contributed by atoms with Gasteiger partial charge >= 0.3 is 0 Å². The Morgan fingerprint density at radius 2 is 2.17 bits per heavy atom. The second-order valence-electron chi connectivity index (χ2n) is 5.24. The van der Waals surface area contributed by atoms with Crippen molar-refractivity contribution in [3.63, 3.8) is 0 Å². The van der Waals surface area contributed by atoms with E-state index in [0.29, 0.717) is 27.8 Å². The topological polar surface area (TPSA) is 64.1 Å². The van der Waals surface area contributed by atoms with Crippen molar-refractivity contribution in [1.82, 2.24) is 14.9 Å². The lowest BCUT2D eigenvalue weighted by atomic mass is 10.2. The minimum Gasteiger partial charge on any atom is -0.493 e. The molecule has 0 aliphatic carbocycles. The Kier molecular flexibility index (Phi) is 5.90. The van der Waals surface area contributed by atoms with Crippen molar-refractivity contribution in [3.8, 4) is 11.5 Å². The van der Waals surface area contributed by atoms with Gasteiger partial charge in [0.15, 0.2) is 17.3 Å². The zero-order valence-electron chi connectivity index (χ0n) is 13.6. The molecule has 0 bridgehead atoms. The van der Waals surface area contributed by atoms with Gasteiger partial charge in [0.25, 0.3) is 0 Å². The standard InChI is InChI=1S/C15H21ClN4O2S/c1-5-13-18-19-15(23)20(13)17-8-10-6-11(16)14(22-9(2)3)12(7-10)21-4/h6-7,9,17H,5,8H2,1-4H3,(H,19,23). The molecule has 0 aliphatic rings. The van der Waals surface area contributed by atoms with Crippen molar-refractivity contribution in [1.29, 1.82) is 0 Å². The number of ether oxygens (including phenoxy) is 2. The molecule has 0 amide bonds. The number of benzene rings is 1. The molecular weight excluding hydrogens is 336 g/mol. The molecule has 1 aromatic carbocycles. The Hall–Kier alpha value is -1.73. The SMILES string of the molecule is CCc1n[nH]c(=S)n1NCc1cc(Cl)c(OC(C)C)c(OC)c1. The van der Waals surface area contributed by atoms with Gasteiger partial charge in [-0.05, 0) is 43.8 Å². The predicted octanol–water partition coefficient (Wildman–Crippen LogP) is 3.70. The number of hydrogen-bond acceptors (Lipinski definition) is 5. The third kappa shape index (κ3) is 4.17. The summed E-state index contributed by atoms with van der Waals surface area (Å²) in [6, 6.07) is 3.75. The highest BCUT2D eigenvalue weighted by atomic mass is 35.5. The Labute approximate surface area is 145 Å². The molecule has 1 heterocycles. The predicted molar refractivity (Wildman–Crippen MR) is 93.6 cm³/mol. The van der Waals surface area contributed by atoms with Gasteiger partial charge in [0.1, 0.15) is 0 Å². The summed E-state index contributed by atoms with van der Waals surface area (Å²) in [4.78, 5) is 0. The number of halogens is 1. The van der Waals surface area contributed by atoms with Crippen LogP contribution in [0.1, 0.15) is 32.2 Å². The number of methoxy groups -OCH3 is 1. The van der Waals surface area contributed by atoms with Crippen molar-refractivity contribution in [2.24, 2.45) is 0 Å². The zero-order valence-corrected chi connectivity index (χ0v) is 15.2. The first-order valence-electron chi connectivity index (χ1n) is 7.39. The summed E-state index contributed by atoms with van der Waals surface area (Å²) in [5, 5.41) is 7.44. The highest BCUT2D eigenvalue weighted by Crippen LogP contribution is 2.37. The Morgan fingerprint density at radius 3 is 2.78 bits per heavy atom. The van der Waals surface area contributed by atoms with Crippen LogP contribution in [-0.4, -0.2) is 28.1 Å². The van der Waals surface area contributed by atoms with Crippen LogP contribution in [0.3, 0.4) is 0 Å². The first-order chi connectivity index (χ1) is 11.0. The van der Waals surface area contributed by atoms with E-state index in [4.69, 9.17) is 33.3 Å². The fourth-order valence-electron chi connectivity index (χ4n) is 2.13. The van der Waals surface area contributed by atoms with Crippen LogP contribution in [0.5, 0.6) is 11.5 Å². The van der Waals surface area contributed by atoms with Crippen molar-refractivity contribution in [2.45, 2.75) is 39.8 Å². The van der Waals surface area contributed by atoms with Crippen molar-refractivity contribution < 1.29 is 9.47 Å². The number of aryl methyl sites for hydroxylation is 1. The smallest absolute Gasteiger partial charge is 0.214 e. The van der Waals surface area contributed by atoms with Gasteiger partial charge in [0.2, 0.25) is 4.77 Å². The van der Waals surface area contributed by atoms with E-state index < -0.39 is 0 Å². The minimum atomic E-state index is 0.0155. The maximum absolute atomic E-state index is 6.33. The van der Waals surface area contributed by atoms with Crippen molar-refractivity contribution in [3.05, 3.63) is 33.3 Å². The number of nitrogens with one attached hydrogen (secondary N) is 2. The summed E-state index contributed by atoms with van der Waals surface area (Å²) < 4.78 is 13.4. The Morgan fingerprint density at radius 1 is 1.43 bits per heavy atom. The van der Waals surface area contributed by atoms with E-state index in [1.165, 1.54) is 0 Å². The summed E-state index contributed by atoms with van der Waals surface area (Å²) in [6.07, 6.45) is 0.785. The highest BCUT2D eigenvalue weighted by molar-refractivity contribution is 7.71. The Balaban J connectivity index is 2.22. The van der Waals surface area contributed by atoms with E-state index in [-0.39, 0.29) is 6.10 Å². The molecule has 0 saturated carbocycles. The fourth-order valence-corrected chi connectivity index (χ4v) is 2.62. The number of nitrogens with zero attached hydrogens (tertiary/aromatic N) is 2. The minimum absolute atomic E-state index is 0.0155. The van der Waals surface area contributed by atoms with Gasteiger partial charge in [-0.3, -0.25) is 5.10 Å². The molecule has 0 spiro atoms. The van der Waals surface area contributed by atoms with E-state index in [1.807, 2.05) is 32.9 Å². The third-order valence-corrected chi connectivity index (χ3v) is 3.70. The van der Waals surface area contributed by atoms with Crippen LogP contribution in [0.25, 0.3) is 0 Å². The fraction of sp³-hybridized carbons (Fsp3) is 0.467. The molecular formula is C15H21ClN4O2S. The van der Waals surface area contributed by atoms with Crippen LogP contribution in [0.4, 0.5) is 0 Å². The molecule has 0 radical (unpaired) electrons. The lowest BCUT2D eigenvalue weighted by Gasteiger charge is -2.17. The molecule has 6 nitrogen and oxygen atoms in total. The molecule has 8 heteroatoms. The molecule has 0 saturated heterocycles. The first-order valence-corrected chi connectivity index (χ1v) is 8.18. The van der Waals surface area contributed by atoms with Crippen LogP contribution in [0.15, 0.2) is 12.1 Å². The summed E-state index contributed by atoms with van der Waals surface area (Å²) in [6.45, 7) is 6.43. The lowest BCUT2D eigenvalue weighted by molar-refractivity contribution is 0.230. The van der Waals surface area contributed by atoms with Crippen LogP contribution in [-0.2, 0) is 13.0 Å². The van der Waals surface area contributed by atoms with Crippen LogP contribution in [0, 0.1) is 4.77 Å². The largest absolute Gasteiger partial charge is 0.493 e. The molecule has 0 aliphatic heterocycles. The van der Waals surface area contributed by atoms with E-state index in [2.05, 4.69) is 15.6 Å². The highest BCUT2D eigenvalue weighted by Gasteiger charge is 2.14. The van der Waals surface area contributed by atoms with Crippen molar-refractivity contribution in [2.75, 3.05) is 12.5 Å². The van der Waals surface area contributed by atoms with Crippen LogP contribution < -0.4 is 14.9 Å². The van der Waals surface area contributed by atoms with Crippen molar-refractivity contribution >= 4 is 23.8 Å². The summed E-state index contributed by atoms with van der Waals surface area (Å²) in [5.41, 5.74) is 4.18. The average Bonchev–Trinajstić information content (AvgIpc) is 2.87. The normalized spacial score (nSPS) is 10.9. The molecule has 126 valence electrons. The molecule has 23 heavy (non-hydrogen) atoms. The van der Waals surface area contributed by atoms with E-state index in [1.54, 1.807) is 11.8 Å². The van der Waals surface area contributed by atoms with E-state index in [9.17, 15) is 0 Å². The number of aromatic nitrogens is 3. The maximum atomic E-state index is 6.33. The second kappa shape index (κ2) is 7.70. The van der Waals surface area contributed by atoms with Gasteiger partial charge in [-0.1, -0.05) is 18.5 Å². The van der Waals surface area contributed by atoms with Gasteiger partial charge in [-0.2, -0.15) is 5.10 Å². The van der Waals surface area contributed by atoms with Gasteiger partial charge in [0.05, 0.1) is 24.8 Å². The summed E-state index contributed by atoms with van der Waals surface area (Å²) >= 11 is 11.5. The quantitative estimate of drug-likeness (QED) is 0.740. The number of H-pyrrole nitrogens is 1. The van der Waals surface area contributed by atoms with Gasteiger partial charge < -0.3 is 14.9 Å². The molecule has 2 N–H and O–H groups in total. The number of rotatable bonds is 7. The molecule has 0 fully saturated rings. The Bertz CT molecular complexity index is 727. The maximum Gasteiger partial charge on any atom is 0.214 e. The summed E-state index contributed by atoms with van der Waals surface area (Å²) in [5.74, 6) is 2.00. The summed E-state index contributed by atoms with van der Waals surface area (Å²) in [7, 11) is 1.59. The monoisotopic (exact) mass is 356 g/mol. The third-order valence-electron chi connectivity index (χ3n) is 3.14. The van der Waals surface area contributed by atoms with E-state index >= 15 is 0 Å². The van der Waals surface area contributed by atoms with Gasteiger partial charge in [-0.15, -0.1) is 0 Å². The molecule has 2 rings (SSSR count). The lowest BCUT2D eigenvalue weighted by Crippen LogP contribution is -2.17. The van der Waals surface area contributed by atoms with Crippen LogP contribution >= 0.6 is 23.8 Å². The number of hydrogen-bond donors (Lipinski definition) is 2. The van der Waals surface area contributed by atoms with Gasteiger partial charge in [-0.25, -0.2) is 4.68 Å². The molecule has 0 unspecified atom stereocenters. The molecule has 1 aromatic heterocycles. The first kappa shape index (κ1) is 17.6. The molecule has 0 atom stereocenters. The second-order valence-corrected chi connectivity index (χ2v) is 6.04. The van der Waals surface area contributed by atoms with Gasteiger partial charge in [0, 0.05) is 6.42 Å². The number of aromatic amines is 1. The van der Waals surface area contributed by atoms with E-state index in [0.717, 1.165) is 17.8 Å². The zero-order chi connectivity index (χ0) is 17.0. The van der Waals surface area contributed by atoms with Crippen LogP contribution in [0.2, 0.25) is 5.02 Å². The molecule has 2 aromatic rings. The average molecular weight is 357 g/mol.